The fourth-order valence-corrected chi connectivity index (χ4v) is 3.75. The molecule has 0 bridgehead atoms. The third-order valence-corrected chi connectivity index (χ3v) is 5.43. The molecule has 5 nitrogen and oxygen atoms in total. The van der Waals surface area contributed by atoms with Crippen molar-refractivity contribution in [3.05, 3.63) is 45.9 Å². The first-order chi connectivity index (χ1) is 11.7. The van der Waals surface area contributed by atoms with Crippen LogP contribution in [-0.4, -0.2) is 24.2 Å². The lowest BCUT2D eigenvalue weighted by Gasteiger charge is -2.17. The van der Waals surface area contributed by atoms with Gasteiger partial charge in [0.2, 0.25) is 0 Å². The van der Waals surface area contributed by atoms with Crippen LogP contribution in [-0.2, 0) is 11.3 Å². The zero-order chi connectivity index (χ0) is 16.5. The number of benzene rings is 1. The summed E-state index contributed by atoms with van der Waals surface area (Å²) in [5.74, 6) is 0.712. The van der Waals surface area contributed by atoms with E-state index < -0.39 is 0 Å². The van der Waals surface area contributed by atoms with Crippen molar-refractivity contribution >= 4 is 23.1 Å². The highest BCUT2D eigenvalue weighted by atomic mass is 32.1. The second kappa shape index (κ2) is 6.53. The first kappa shape index (κ1) is 15.6. The molecule has 1 unspecified atom stereocenters. The summed E-state index contributed by atoms with van der Waals surface area (Å²) in [6, 6.07) is 8.27. The average molecular weight is 343 g/mol. The van der Waals surface area contributed by atoms with Crippen LogP contribution in [0.5, 0.6) is 0 Å². The molecule has 24 heavy (non-hydrogen) atoms. The maximum atomic E-state index is 11.7. The van der Waals surface area contributed by atoms with Gasteiger partial charge < -0.3 is 10.1 Å². The van der Waals surface area contributed by atoms with Gasteiger partial charge in [0.05, 0.1) is 12.2 Å². The smallest absolute Gasteiger partial charge is 0.414 e. The number of rotatable bonds is 6. The van der Waals surface area contributed by atoms with Crippen LogP contribution in [0, 0.1) is 0 Å². The fourth-order valence-electron chi connectivity index (χ4n) is 2.92. The average Bonchev–Trinajstić information content (AvgIpc) is 3.19. The first-order valence-electron chi connectivity index (χ1n) is 8.42. The number of cyclic esters (lactones) is 1. The second-order valence-electron chi connectivity index (χ2n) is 6.40. The van der Waals surface area contributed by atoms with Crippen LogP contribution >= 0.6 is 11.3 Å². The molecule has 4 rings (SSSR count). The van der Waals surface area contributed by atoms with E-state index in [1.54, 1.807) is 16.2 Å². The van der Waals surface area contributed by atoms with Crippen LogP contribution in [0.2, 0.25) is 0 Å². The number of amides is 1. The number of hydrogen-bond acceptors (Lipinski definition) is 5. The molecule has 1 saturated carbocycles. The summed E-state index contributed by atoms with van der Waals surface area (Å²) in [7, 11) is 0. The van der Waals surface area contributed by atoms with Gasteiger partial charge in [-0.2, -0.15) is 0 Å². The molecule has 0 radical (unpaired) electrons. The van der Waals surface area contributed by atoms with Crippen LogP contribution < -0.4 is 10.2 Å². The van der Waals surface area contributed by atoms with E-state index in [1.165, 1.54) is 18.5 Å². The monoisotopic (exact) mass is 343 g/mol. The Morgan fingerprint density at radius 2 is 2.33 bits per heavy atom. The topological polar surface area (TPSA) is 54.5 Å². The Labute approximate surface area is 145 Å². The predicted octanol–water partition coefficient (Wildman–Crippen LogP) is 3.83. The van der Waals surface area contributed by atoms with E-state index >= 15 is 0 Å². The number of nitrogens with zero attached hydrogens (tertiary/aromatic N) is 2. The third-order valence-electron chi connectivity index (χ3n) is 4.57. The van der Waals surface area contributed by atoms with Gasteiger partial charge in [0.15, 0.2) is 0 Å². The Balaban J connectivity index is 1.40. The maximum Gasteiger partial charge on any atom is 0.414 e. The first-order valence-corrected chi connectivity index (χ1v) is 9.30. The molecule has 1 saturated heterocycles. The lowest BCUT2D eigenvalue weighted by Crippen LogP contribution is -2.24. The Bertz CT molecular complexity index is 741. The van der Waals surface area contributed by atoms with Crippen molar-refractivity contribution < 1.29 is 9.53 Å². The molecule has 126 valence electrons. The highest BCUT2D eigenvalue weighted by molar-refractivity contribution is 7.09. The number of nitrogens with one attached hydrogen (secondary N) is 1. The normalized spacial score (nSPS) is 18.7. The summed E-state index contributed by atoms with van der Waals surface area (Å²) in [4.78, 5) is 18.1. The van der Waals surface area contributed by atoms with Gasteiger partial charge in [0.25, 0.3) is 0 Å². The van der Waals surface area contributed by atoms with Gasteiger partial charge >= 0.3 is 6.09 Å². The van der Waals surface area contributed by atoms with E-state index in [1.807, 2.05) is 12.1 Å². The number of carbonyl (C=O) groups is 1. The molecule has 0 spiro atoms. The lowest BCUT2D eigenvalue weighted by molar-refractivity contribution is 0.181. The minimum absolute atomic E-state index is 0.192. The van der Waals surface area contributed by atoms with Crippen molar-refractivity contribution in [1.29, 1.82) is 0 Å². The van der Waals surface area contributed by atoms with Gasteiger partial charge in [-0.05, 0) is 37.5 Å². The zero-order valence-corrected chi connectivity index (χ0v) is 14.5. The highest BCUT2D eigenvalue weighted by Gasteiger charge is 2.26. The molecule has 1 atom stereocenters. The number of anilines is 1. The van der Waals surface area contributed by atoms with Crippen molar-refractivity contribution in [2.75, 3.05) is 18.1 Å². The molecule has 2 heterocycles. The summed E-state index contributed by atoms with van der Waals surface area (Å²) >= 11 is 1.74. The fraction of sp³-hybridized carbons (Fsp3) is 0.444. The molecule has 6 heteroatoms. The standard InChI is InChI=1S/C18H21N3O2S/c1-12(19-10-17-20-16(11-24-17)13-5-6-13)14-3-2-4-15(9-14)21-7-8-23-18(21)22/h2-4,9,11-13,19H,5-8,10H2,1H3. The van der Waals surface area contributed by atoms with E-state index in [0.29, 0.717) is 19.1 Å². The van der Waals surface area contributed by atoms with Crippen molar-refractivity contribution in [2.45, 2.75) is 38.3 Å². The highest BCUT2D eigenvalue weighted by Crippen LogP contribution is 2.40. The largest absolute Gasteiger partial charge is 0.447 e. The Morgan fingerprint density at radius 1 is 1.46 bits per heavy atom. The Morgan fingerprint density at radius 3 is 3.08 bits per heavy atom. The van der Waals surface area contributed by atoms with E-state index in [4.69, 9.17) is 9.72 Å². The minimum Gasteiger partial charge on any atom is -0.447 e. The van der Waals surface area contributed by atoms with Crippen LogP contribution in [0.4, 0.5) is 10.5 Å². The van der Waals surface area contributed by atoms with Crippen molar-refractivity contribution in [1.82, 2.24) is 10.3 Å². The maximum absolute atomic E-state index is 11.7. The summed E-state index contributed by atoms with van der Waals surface area (Å²) in [6.07, 6.45) is 2.32. The molecule has 1 N–H and O–H groups in total. The molecular formula is C18H21N3O2S. The Hall–Kier alpha value is -1.92. The summed E-state index contributed by atoms with van der Waals surface area (Å²) in [6.45, 7) is 3.99. The van der Waals surface area contributed by atoms with Crippen LogP contribution in [0.3, 0.4) is 0 Å². The van der Waals surface area contributed by atoms with Gasteiger partial charge in [0, 0.05) is 29.6 Å². The number of ether oxygens (including phenoxy) is 1. The molecule has 2 fully saturated rings. The third kappa shape index (κ3) is 3.30. The van der Waals surface area contributed by atoms with Crippen molar-refractivity contribution in [2.24, 2.45) is 0 Å². The molecular weight excluding hydrogens is 322 g/mol. The molecule has 1 aliphatic heterocycles. The van der Waals surface area contributed by atoms with Gasteiger partial charge in [0.1, 0.15) is 11.6 Å². The van der Waals surface area contributed by atoms with Crippen molar-refractivity contribution in [3.8, 4) is 0 Å². The summed E-state index contributed by atoms with van der Waals surface area (Å²) in [5.41, 5.74) is 3.32. The molecule has 1 aliphatic carbocycles. The van der Waals surface area contributed by atoms with Crippen molar-refractivity contribution in [3.63, 3.8) is 0 Å². The summed E-state index contributed by atoms with van der Waals surface area (Å²) < 4.78 is 5.02. The number of aromatic nitrogens is 1. The van der Waals surface area contributed by atoms with Crippen LogP contribution in [0.15, 0.2) is 29.6 Å². The second-order valence-corrected chi connectivity index (χ2v) is 7.35. The lowest BCUT2D eigenvalue weighted by atomic mass is 10.1. The van der Waals surface area contributed by atoms with Gasteiger partial charge in [-0.15, -0.1) is 11.3 Å². The minimum atomic E-state index is -0.261. The molecule has 2 aromatic rings. The number of hydrogen-bond donors (Lipinski definition) is 1. The van der Waals surface area contributed by atoms with E-state index in [-0.39, 0.29) is 12.1 Å². The van der Waals surface area contributed by atoms with E-state index in [2.05, 4.69) is 29.8 Å². The van der Waals surface area contributed by atoms with Crippen LogP contribution in [0.1, 0.15) is 48.0 Å². The number of carbonyl (C=O) groups excluding carboxylic acids is 1. The molecule has 2 aliphatic rings. The predicted molar refractivity (Wildman–Crippen MR) is 94.5 cm³/mol. The molecule has 1 aromatic carbocycles. The quantitative estimate of drug-likeness (QED) is 0.866. The SMILES string of the molecule is CC(NCc1nc(C2CC2)cs1)c1cccc(N2CCOC2=O)c1. The zero-order valence-electron chi connectivity index (χ0n) is 13.7. The van der Waals surface area contributed by atoms with Crippen LogP contribution in [0.25, 0.3) is 0 Å². The van der Waals surface area contributed by atoms with Gasteiger partial charge in [-0.25, -0.2) is 9.78 Å². The van der Waals surface area contributed by atoms with E-state index in [9.17, 15) is 4.79 Å². The number of thiazole rings is 1. The van der Waals surface area contributed by atoms with Gasteiger partial charge in [-0.3, -0.25) is 4.90 Å². The Kier molecular flexibility index (Phi) is 4.24. The van der Waals surface area contributed by atoms with Gasteiger partial charge in [-0.1, -0.05) is 12.1 Å². The van der Waals surface area contributed by atoms with E-state index in [0.717, 1.165) is 22.8 Å². The molecule has 1 aromatic heterocycles. The summed E-state index contributed by atoms with van der Waals surface area (Å²) in [5, 5.41) is 6.87. The molecule has 1 amide bonds.